The second kappa shape index (κ2) is 11.0. The molecule has 5 heteroatoms. The zero-order valence-corrected chi connectivity index (χ0v) is 20.5. The SMILES string of the molecule is C=CCN(C(=O)OC(C)(C)C)C(Cc1ccc2ccccc2c1)C(=O)N(C)Cc1ccccc1. The first kappa shape index (κ1) is 25.0. The van der Waals surface area contributed by atoms with E-state index in [1.165, 1.54) is 4.90 Å². The lowest BCUT2D eigenvalue weighted by molar-refractivity contribution is -0.136. The molecule has 1 unspecified atom stereocenters. The van der Waals surface area contributed by atoms with Crippen LogP contribution in [-0.2, 0) is 22.5 Å². The van der Waals surface area contributed by atoms with E-state index in [0.717, 1.165) is 21.9 Å². The van der Waals surface area contributed by atoms with Crippen LogP contribution in [0, 0.1) is 0 Å². The van der Waals surface area contributed by atoms with E-state index in [0.29, 0.717) is 13.0 Å². The second-order valence-electron chi connectivity index (χ2n) is 9.50. The largest absolute Gasteiger partial charge is 0.444 e. The fourth-order valence-electron chi connectivity index (χ4n) is 3.90. The molecular formula is C29H34N2O3. The molecule has 0 radical (unpaired) electrons. The van der Waals surface area contributed by atoms with Crippen LogP contribution in [0.3, 0.4) is 0 Å². The van der Waals surface area contributed by atoms with Crippen molar-refractivity contribution in [1.29, 1.82) is 0 Å². The van der Waals surface area contributed by atoms with Gasteiger partial charge in [0, 0.05) is 26.6 Å². The van der Waals surface area contributed by atoms with Gasteiger partial charge in [0.2, 0.25) is 5.91 Å². The van der Waals surface area contributed by atoms with E-state index in [1.807, 2.05) is 81.4 Å². The zero-order valence-electron chi connectivity index (χ0n) is 20.5. The van der Waals surface area contributed by atoms with E-state index in [9.17, 15) is 9.59 Å². The minimum atomic E-state index is -0.734. The van der Waals surface area contributed by atoms with Crippen LogP contribution in [0.2, 0.25) is 0 Å². The van der Waals surface area contributed by atoms with Crippen LogP contribution in [0.15, 0.2) is 85.5 Å². The molecule has 0 aliphatic carbocycles. The molecule has 0 bridgehead atoms. The Hall–Kier alpha value is -3.60. The number of amides is 2. The van der Waals surface area contributed by atoms with Crippen LogP contribution >= 0.6 is 0 Å². The molecule has 2 amide bonds. The lowest BCUT2D eigenvalue weighted by atomic mass is 9.99. The molecule has 3 rings (SSSR count). The van der Waals surface area contributed by atoms with Crippen molar-refractivity contribution in [2.45, 2.75) is 45.4 Å². The molecule has 3 aromatic rings. The Bertz CT molecular complexity index is 1130. The summed E-state index contributed by atoms with van der Waals surface area (Å²) < 4.78 is 5.66. The predicted molar refractivity (Wildman–Crippen MR) is 137 cm³/mol. The van der Waals surface area contributed by atoms with Crippen molar-refractivity contribution in [2.75, 3.05) is 13.6 Å². The molecule has 1 atom stereocenters. The van der Waals surface area contributed by atoms with Gasteiger partial charge in [0.05, 0.1) is 0 Å². The van der Waals surface area contributed by atoms with Crippen LogP contribution in [0.25, 0.3) is 10.8 Å². The minimum absolute atomic E-state index is 0.148. The standard InChI is InChI=1S/C29H34N2O3/c1-6-18-31(28(33)34-29(2,3)4)26(27(32)30(5)21-22-12-8-7-9-13-22)20-23-16-17-24-14-10-11-15-25(24)19-23/h6-17,19,26H,1,18,20-21H2,2-5H3. The Labute approximate surface area is 202 Å². The summed E-state index contributed by atoms with van der Waals surface area (Å²) in [5.41, 5.74) is 1.32. The first-order valence-corrected chi connectivity index (χ1v) is 11.5. The highest BCUT2D eigenvalue weighted by atomic mass is 16.6. The molecule has 5 nitrogen and oxygen atoms in total. The van der Waals surface area contributed by atoms with Gasteiger partial charge in [-0.25, -0.2) is 4.79 Å². The lowest BCUT2D eigenvalue weighted by Gasteiger charge is -2.34. The molecule has 0 saturated heterocycles. The number of rotatable bonds is 8. The van der Waals surface area contributed by atoms with Crippen molar-refractivity contribution < 1.29 is 14.3 Å². The topological polar surface area (TPSA) is 49.9 Å². The van der Waals surface area contributed by atoms with Crippen LogP contribution in [0.1, 0.15) is 31.9 Å². The van der Waals surface area contributed by atoms with Crippen molar-refractivity contribution in [3.63, 3.8) is 0 Å². The monoisotopic (exact) mass is 458 g/mol. The van der Waals surface area contributed by atoms with Gasteiger partial charge >= 0.3 is 6.09 Å². The molecular weight excluding hydrogens is 424 g/mol. The summed E-state index contributed by atoms with van der Waals surface area (Å²) in [6.45, 7) is 9.92. The molecule has 0 aliphatic rings. The van der Waals surface area contributed by atoms with Crippen molar-refractivity contribution in [1.82, 2.24) is 9.80 Å². The molecule has 34 heavy (non-hydrogen) atoms. The number of hydrogen-bond acceptors (Lipinski definition) is 3. The number of carbonyl (C=O) groups excluding carboxylic acids is 2. The van der Waals surface area contributed by atoms with Gasteiger partial charge in [-0.15, -0.1) is 6.58 Å². The molecule has 0 N–H and O–H groups in total. The number of carbonyl (C=O) groups is 2. The highest BCUT2D eigenvalue weighted by molar-refractivity contribution is 5.87. The molecule has 0 saturated carbocycles. The lowest BCUT2D eigenvalue weighted by Crippen LogP contribution is -2.52. The van der Waals surface area contributed by atoms with Gasteiger partial charge in [0.25, 0.3) is 0 Å². The highest BCUT2D eigenvalue weighted by Gasteiger charge is 2.34. The Kier molecular flexibility index (Phi) is 8.11. The van der Waals surface area contributed by atoms with Crippen molar-refractivity contribution in [3.8, 4) is 0 Å². The van der Waals surface area contributed by atoms with Crippen molar-refractivity contribution in [3.05, 3.63) is 96.6 Å². The number of likely N-dealkylation sites (N-methyl/N-ethyl adjacent to an activating group) is 1. The Morgan fingerprint density at radius 3 is 2.24 bits per heavy atom. The van der Waals surface area contributed by atoms with E-state index in [1.54, 1.807) is 18.0 Å². The van der Waals surface area contributed by atoms with E-state index in [4.69, 9.17) is 4.74 Å². The van der Waals surface area contributed by atoms with E-state index >= 15 is 0 Å². The summed E-state index contributed by atoms with van der Waals surface area (Å²) in [6.07, 6.45) is 1.47. The second-order valence-corrected chi connectivity index (χ2v) is 9.50. The highest BCUT2D eigenvalue weighted by Crippen LogP contribution is 2.21. The van der Waals surface area contributed by atoms with Crippen LogP contribution in [0.5, 0.6) is 0 Å². The Morgan fingerprint density at radius 1 is 0.941 bits per heavy atom. The minimum Gasteiger partial charge on any atom is -0.444 e. The number of hydrogen-bond donors (Lipinski definition) is 0. The summed E-state index contributed by atoms with van der Waals surface area (Å²) in [4.78, 5) is 30.1. The van der Waals surface area contributed by atoms with Gasteiger partial charge in [-0.2, -0.15) is 0 Å². The third-order valence-corrected chi connectivity index (χ3v) is 5.50. The third kappa shape index (κ3) is 6.70. The van der Waals surface area contributed by atoms with E-state index in [2.05, 4.69) is 18.7 Å². The fourth-order valence-corrected chi connectivity index (χ4v) is 3.90. The van der Waals surface area contributed by atoms with Crippen LogP contribution in [0.4, 0.5) is 4.79 Å². The normalized spacial score (nSPS) is 12.1. The first-order valence-electron chi connectivity index (χ1n) is 11.5. The van der Waals surface area contributed by atoms with Crippen molar-refractivity contribution in [2.24, 2.45) is 0 Å². The smallest absolute Gasteiger partial charge is 0.411 e. The number of nitrogens with zero attached hydrogens (tertiary/aromatic N) is 2. The van der Waals surface area contributed by atoms with Gasteiger partial charge in [-0.1, -0.05) is 78.9 Å². The quantitative estimate of drug-likeness (QED) is 0.399. The average Bonchev–Trinajstić information content (AvgIpc) is 2.80. The van der Waals surface area contributed by atoms with Gasteiger partial charge in [-0.3, -0.25) is 9.69 Å². The summed E-state index contributed by atoms with van der Waals surface area (Å²) in [5, 5.41) is 2.22. The van der Waals surface area contributed by atoms with Crippen molar-refractivity contribution >= 4 is 22.8 Å². The number of fused-ring (bicyclic) bond motifs is 1. The van der Waals surface area contributed by atoms with E-state index in [-0.39, 0.29) is 12.5 Å². The zero-order chi connectivity index (χ0) is 24.7. The summed E-state index contributed by atoms with van der Waals surface area (Å²) >= 11 is 0. The van der Waals surface area contributed by atoms with Gasteiger partial charge in [-0.05, 0) is 42.7 Å². The van der Waals surface area contributed by atoms with Crippen LogP contribution in [-0.4, -0.2) is 47.0 Å². The van der Waals surface area contributed by atoms with Gasteiger partial charge in [0.1, 0.15) is 11.6 Å². The number of benzene rings is 3. The number of ether oxygens (including phenoxy) is 1. The molecule has 0 aromatic heterocycles. The summed E-state index contributed by atoms with van der Waals surface area (Å²) in [7, 11) is 1.77. The summed E-state index contributed by atoms with van der Waals surface area (Å²) in [5.74, 6) is -0.148. The van der Waals surface area contributed by atoms with E-state index < -0.39 is 17.7 Å². The average molecular weight is 459 g/mol. The predicted octanol–water partition coefficient (Wildman–Crippen LogP) is 5.83. The molecule has 178 valence electrons. The molecule has 0 aliphatic heterocycles. The maximum atomic E-state index is 13.7. The van der Waals surface area contributed by atoms with Crippen LogP contribution < -0.4 is 0 Å². The maximum Gasteiger partial charge on any atom is 0.411 e. The third-order valence-electron chi connectivity index (χ3n) is 5.50. The first-order chi connectivity index (χ1) is 16.2. The molecule has 0 fully saturated rings. The molecule has 0 spiro atoms. The Morgan fingerprint density at radius 2 is 1.59 bits per heavy atom. The Balaban J connectivity index is 1.94. The summed E-state index contributed by atoms with van der Waals surface area (Å²) in [6, 6.07) is 23.3. The maximum absolute atomic E-state index is 13.7. The van der Waals surface area contributed by atoms with Gasteiger partial charge in [0.15, 0.2) is 0 Å². The fraction of sp³-hybridized carbons (Fsp3) is 0.310. The molecule has 0 heterocycles. The van der Waals surface area contributed by atoms with Gasteiger partial charge < -0.3 is 9.64 Å². The molecule has 3 aromatic carbocycles.